The van der Waals surface area contributed by atoms with Gasteiger partial charge in [0, 0.05) is 0 Å². The molecule has 0 spiro atoms. The second-order valence-corrected chi connectivity index (χ2v) is 3.87. The van der Waals surface area contributed by atoms with Crippen LogP contribution in [0.3, 0.4) is 0 Å². The van der Waals surface area contributed by atoms with Crippen LogP contribution in [0.1, 0.15) is 18.4 Å². The Labute approximate surface area is 84.1 Å². The summed E-state index contributed by atoms with van der Waals surface area (Å²) in [5, 5.41) is 8.25. The Balaban J connectivity index is 2.24. The summed E-state index contributed by atoms with van der Waals surface area (Å²) in [6.45, 7) is 0. The zero-order chi connectivity index (χ0) is 9.52. The molecule has 1 N–H and O–H groups in total. The van der Waals surface area contributed by atoms with Crippen molar-refractivity contribution in [2.75, 3.05) is 6.26 Å². The van der Waals surface area contributed by atoms with Crippen LogP contribution in [0.4, 0.5) is 0 Å². The normalized spacial score (nSPS) is 9.92. The highest BCUT2D eigenvalue weighted by Gasteiger charge is 1.95. The van der Waals surface area contributed by atoms with Crippen molar-refractivity contribution in [1.29, 1.82) is 5.41 Å². The molecule has 0 aliphatic rings. The number of benzene rings is 1. The van der Waals surface area contributed by atoms with E-state index in [1.165, 1.54) is 5.56 Å². The molecule has 13 heavy (non-hydrogen) atoms. The van der Waals surface area contributed by atoms with Crippen molar-refractivity contribution in [3.8, 4) is 0 Å². The summed E-state index contributed by atoms with van der Waals surface area (Å²) in [4.78, 5) is 0. The van der Waals surface area contributed by atoms with Crippen molar-refractivity contribution in [1.82, 2.24) is 0 Å². The third-order valence-corrected chi connectivity index (χ3v) is 2.66. The Morgan fingerprint density at radius 1 is 1.31 bits per heavy atom. The standard InChI is InChI=1S/C11H15NS/c1-13-11(12)9-5-8-10-6-3-2-4-7-10/h2-4,6-7,12H,5,8-9H2,1H3. The SMILES string of the molecule is CSC(=N)CCCc1ccccc1. The van der Waals surface area contributed by atoms with Crippen LogP contribution in [-0.2, 0) is 6.42 Å². The van der Waals surface area contributed by atoms with E-state index in [9.17, 15) is 0 Å². The van der Waals surface area contributed by atoms with E-state index < -0.39 is 0 Å². The predicted molar refractivity (Wildman–Crippen MR) is 60.6 cm³/mol. The van der Waals surface area contributed by atoms with Crippen LogP contribution < -0.4 is 0 Å². The van der Waals surface area contributed by atoms with Gasteiger partial charge in [-0.05, 0) is 31.1 Å². The van der Waals surface area contributed by atoms with E-state index >= 15 is 0 Å². The topological polar surface area (TPSA) is 23.9 Å². The molecule has 0 radical (unpaired) electrons. The van der Waals surface area contributed by atoms with Gasteiger partial charge < -0.3 is 0 Å². The first-order valence-electron chi connectivity index (χ1n) is 4.48. The van der Waals surface area contributed by atoms with Gasteiger partial charge in [0.25, 0.3) is 0 Å². The highest BCUT2D eigenvalue weighted by Crippen LogP contribution is 2.08. The number of aryl methyl sites for hydroxylation is 1. The summed E-state index contributed by atoms with van der Waals surface area (Å²) >= 11 is 1.54. The summed E-state index contributed by atoms with van der Waals surface area (Å²) in [6, 6.07) is 10.4. The van der Waals surface area contributed by atoms with Gasteiger partial charge in [-0.3, -0.25) is 5.41 Å². The molecular weight excluding hydrogens is 178 g/mol. The Hall–Kier alpha value is -0.760. The first kappa shape index (κ1) is 10.3. The maximum atomic E-state index is 7.47. The lowest BCUT2D eigenvalue weighted by Gasteiger charge is -2.00. The summed E-state index contributed by atoms with van der Waals surface area (Å²) in [7, 11) is 0. The van der Waals surface area contributed by atoms with Crippen LogP contribution in [0.15, 0.2) is 30.3 Å². The van der Waals surface area contributed by atoms with Crippen molar-refractivity contribution < 1.29 is 0 Å². The minimum absolute atomic E-state index is 0.788. The molecule has 1 rings (SSSR count). The van der Waals surface area contributed by atoms with E-state index in [1.807, 2.05) is 12.3 Å². The van der Waals surface area contributed by atoms with E-state index in [0.717, 1.165) is 24.3 Å². The van der Waals surface area contributed by atoms with Gasteiger partial charge in [0.05, 0.1) is 5.04 Å². The molecule has 2 heteroatoms. The van der Waals surface area contributed by atoms with Gasteiger partial charge in [0.2, 0.25) is 0 Å². The lowest BCUT2D eigenvalue weighted by atomic mass is 10.1. The molecule has 0 unspecified atom stereocenters. The summed E-state index contributed by atoms with van der Waals surface area (Å²) in [5.41, 5.74) is 1.37. The molecule has 0 bridgehead atoms. The van der Waals surface area contributed by atoms with E-state index in [1.54, 1.807) is 11.8 Å². The minimum Gasteiger partial charge on any atom is -0.298 e. The Kier molecular flexibility index (Phi) is 4.61. The van der Waals surface area contributed by atoms with Crippen molar-refractivity contribution in [3.63, 3.8) is 0 Å². The van der Waals surface area contributed by atoms with E-state index in [0.29, 0.717) is 0 Å². The van der Waals surface area contributed by atoms with Gasteiger partial charge in [-0.25, -0.2) is 0 Å². The van der Waals surface area contributed by atoms with E-state index in [-0.39, 0.29) is 0 Å². The molecule has 0 fully saturated rings. The zero-order valence-electron chi connectivity index (χ0n) is 7.92. The third-order valence-electron chi connectivity index (χ3n) is 1.96. The van der Waals surface area contributed by atoms with Crippen LogP contribution in [0.5, 0.6) is 0 Å². The fourth-order valence-corrected chi connectivity index (χ4v) is 1.55. The van der Waals surface area contributed by atoms with Crippen LogP contribution in [0.2, 0.25) is 0 Å². The lowest BCUT2D eigenvalue weighted by molar-refractivity contribution is 0.869. The maximum Gasteiger partial charge on any atom is 0.0638 e. The molecule has 1 aromatic carbocycles. The Morgan fingerprint density at radius 2 is 2.00 bits per heavy atom. The first-order chi connectivity index (χ1) is 6.33. The molecule has 1 aromatic rings. The lowest BCUT2D eigenvalue weighted by Crippen LogP contribution is -1.91. The minimum atomic E-state index is 0.788. The highest BCUT2D eigenvalue weighted by atomic mass is 32.2. The monoisotopic (exact) mass is 193 g/mol. The molecule has 0 aliphatic heterocycles. The Bertz CT molecular complexity index is 256. The number of nitrogens with one attached hydrogen (secondary N) is 1. The van der Waals surface area contributed by atoms with E-state index in [2.05, 4.69) is 24.3 Å². The molecule has 0 aliphatic carbocycles. The first-order valence-corrected chi connectivity index (χ1v) is 5.70. The van der Waals surface area contributed by atoms with Crippen molar-refractivity contribution in [2.45, 2.75) is 19.3 Å². The molecule has 0 amide bonds. The molecule has 0 aromatic heterocycles. The fraction of sp³-hybridized carbons (Fsp3) is 0.364. The molecule has 0 heterocycles. The van der Waals surface area contributed by atoms with Crippen LogP contribution in [-0.4, -0.2) is 11.3 Å². The van der Waals surface area contributed by atoms with Gasteiger partial charge in [0.15, 0.2) is 0 Å². The van der Waals surface area contributed by atoms with Crippen molar-refractivity contribution in [2.24, 2.45) is 0 Å². The van der Waals surface area contributed by atoms with Crippen LogP contribution in [0.25, 0.3) is 0 Å². The summed E-state index contributed by atoms with van der Waals surface area (Å²) in [5.74, 6) is 0. The Morgan fingerprint density at radius 3 is 2.62 bits per heavy atom. The average Bonchev–Trinajstić information content (AvgIpc) is 2.19. The second kappa shape index (κ2) is 5.81. The summed E-state index contributed by atoms with van der Waals surface area (Å²) in [6.07, 6.45) is 5.05. The number of hydrogen-bond donors (Lipinski definition) is 1. The number of hydrogen-bond acceptors (Lipinski definition) is 2. The third kappa shape index (κ3) is 4.13. The van der Waals surface area contributed by atoms with Crippen molar-refractivity contribution >= 4 is 16.8 Å². The quantitative estimate of drug-likeness (QED) is 0.575. The summed E-state index contributed by atoms with van der Waals surface area (Å²) < 4.78 is 0. The smallest absolute Gasteiger partial charge is 0.0638 e. The van der Waals surface area contributed by atoms with Gasteiger partial charge in [0.1, 0.15) is 0 Å². The second-order valence-electron chi connectivity index (χ2n) is 2.97. The number of thioether (sulfide) groups is 1. The maximum absolute atomic E-state index is 7.47. The molecule has 1 nitrogen and oxygen atoms in total. The molecule has 0 saturated heterocycles. The molecule has 70 valence electrons. The van der Waals surface area contributed by atoms with Crippen molar-refractivity contribution in [3.05, 3.63) is 35.9 Å². The average molecular weight is 193 g/mol. The zero-order valence-corrected chi connectivity index (χ0v) is 8.73. The van der Waals surface area contributed by atoms with Gasteiger partial charge in [-0.1, -0.05) is 30.3 Å². The fourth-order valence-electron chi connectivity index (χ4n) is 1.20. The van der Waals surface area contributed by atoms with Gasteiger partial charge >= 0.3 is 0 Å². The predicted octanol–water partition coefficient (Wildman–Crippen LogP) is 3.35. The molecule has 0 saturated carbocycles. The number of rotatable bonds is 4. The van der Waals surface area contributed by atoms with E-state index in [4.69, 9.17) is 5.41 Å². The molecule has 0 atom stereocenters. The highest BCUT2D eigenvalue weighted by molar-refractivity contribution is 8.13. The molecular formula is C11H15NS. The van der Waals surface area contributed by atoms with Gasteiger partial charge in [-0.2, -0.15) is 0 Å². The largest absolute Gasteiger partial charge is 0.298 e. The van der Waals surface area contributed by atoms with Crippen LogP contribution >= 0.6 is 11.8 Å². The van der Waals surface area contributed by atoms with Gasteiger partial charge in [-0.15, -0.1) is 11.8 Å². The van der Waals surface area contributed by atoms with Crippen LogP contribution in [0, 0.1) is 5.41 Å².